The molecule has 112 valence electrons. The van der Waals surface area contributed by atoms with Gasteiger partial charge in [0.25, 0.3) is 5.56 Å². The summed E-state index contributed by atoms with van der Waals surface area (Å²) in [5.41, 5.74) is 2.15. The maximum Gasteiger partial charge on any atom is 0.268 e. The predicted octanol–water partition coefficient (Wildman–Crippen LogP) is 5.44. The fraction of sp³-hybridized carbons (Fsp3) is 0.118. The molecule has 1 heterocycles. The maximum atomic E-state index is 12.0. The van der Waals surface area contributed by atoms with E-state index in [2.05, 4.69) is 30.1 Å². The molecule has 2 nitrogen and oxygen atoms in total. The van der Waals surface area contributed by atoms with Crippen LogP contribution in [0.3, 0.4) is 0 Å². The Morgan fingerprint density at radius 1 is 1.09 bits per heavy atom. The van der Waals surface area contributed by atoms with Crippen LogP contribution in [0.2, 0.25) is 10.0 Å². The van der Waals surface area contributed by atoms with Crippen molar-refractivity contribution in [3.8, 4) is 0 Å². The summed E-state index contributed by atoms with van der Waals surface area (Å²) in [6, 6.07) is 13.7. The van der Waals surface area contributed by atoms with Crippen LogP contribution in [-0.2, 0) is 5.75 Å². The van der Waals surface area contributed by atoms with Crippen LogP contribution in [0.5, 0.6) is 0 Å². The number of aryl methyl sites for hydroxylation is 1. The molecule has 1 aromatic heterocycles. The zero-order valence-corrected chi connectivity index (χ0v) is 14.1. The van der Waals surface area contributed by atoms with Gasteiger partial charge < -0.3 is 4.98 Å². The molecule has 1 N–H and O–H groups in total. The Morgan fingerprint density at radius 3 is 2.68 bits per heavy atom. The lowest BCUT2D eigenvalue weighted by molar-refractivity contribution is 1.11. The molecule has 0 aliphatic heterocycles. The first-order valence-corrected chi connectivity index (χ1v) is 8.48. The molecule has 0 saturated heterocycles. The number of rotatable bonds is 3. The van der Waals surface area contributed by atoms with E-state index in [0.29, 0.717) is 5.02 Å². The van der Waals surface area contributed by atoms with Gasteiger partial charge in [0.05, 0.1) is 5.03 Å². The minimum Gasteiger partial charge on any atom is -0.315 e. The molecular formula is C17H13Cl2NOS. The van der Waals surface area contributed by atoms with Crippen molar-refractivity contribution in [1.29, 1.82) is 0 Å². The highest BCUT2D eigenvalue weighted by Crippen LogP contribution is 2.32. The largest absolute Gasteiger partial charge is 0.315 e. The van der Waals surface area contributed by atoms with E-state index >= 15 is 0 Å². The number of H-pyrrole nitrogens is 1. The van der Waals surface area contributed by atoms with Gasteiger partial charge in [-0.2, -0.15) is 0 Å². The lowest BCUT2D eigenvalue weighted by atomic mass is 10.2. The van der Waals surface area contributed by atoms with Crippen molar-refractivity contribution in [2.75, 3.05) is 0 Å². The van der Waals surface area contributed by atoms with Gasteiger partial charge in [-0.3, -0.25) is 4.79 Å². The van der Waals surface area contributed by atoms with Crippen LogP contribution in [0.1, 0.15) is 11.1 Å². The summed E-state index contributed by atoms with van der Waals surface area (Å²) < 4.78 is 0. The molecule has 0 amide bonds. The summed E-state index contributed by atoms with van der Waals surface area (Å²) in [5, 5.41) is 3.20. The number of aromatic amines is 1. The number of benzene rings is 2. The number of hydrogen-bond donors (Lipinski definition) is 1. The SMILES string of the molecule is Cc1cccc(CSc2[nH]c(=O)c(Cl)c3ccc(Cl)cc23)c1. The lowest BCUT2D eigenvalue weighted by Gasteiger charge is -2.08. The van der Waals surface area contributed by atoms with Gasteiger partial charge in [-0.15, -0.1) is 11.8 Å². The molecule has 0 aliphatic carbocycles. The molecule has 3 rings (SSSR count). The van der Waals surface area contributed by atoms with Gasteiger partial charge in [0.1, 0.15) is 5.02 Å². The predicted molar refractivity (Wildman–Crippen MR) is 95.3 cm³/mol. The molecule has 22 heavy (non-hydrogen) atoms. The molecular weight excluding hydrogens is 337 g/mol. The Bertz CT molecular complexity index is 905. The Hall–Kier alpha value is -1.42. The highest BCUT2D eigenvalue weighted by molar-refractivity contribution is 7.98. The van der Waals surface area contributed by atoms with E-state index < -0.39 is 0 Å². The Labute approximate surface area is 142 Å². The molecule has 0 atom stereocenters. The number of pyridine rings is 1. The second-order valence-corrected chi connectivity index (χ2v) is 6.86. The highest BCUT2D eigenvalue weighted by atomic mass is 35.5. The average Bonchev–Trinajstić information content (AvgIpc) is 2.49. The van der Waals surface area contributed by atoms with Crippen molar-refractivity contribution in [3.63, 3.8) is 0 Å². The van der Waals surface area contributed by atoms with Gasteiger partial charge in [-0.05, 0) is 24.6 Å². The Kier molecular flexibility index (Phi) is 4.48. The van der Waals surface area contributed by atoms with Crippen LogP contribution in [-0.4, -0.2) is 4.98 Å². The minimum absolute atomic E-state index is 0.201. The molecule has 0 radical (unpaired) electrons. The number of hydrogen-bond acceptors (Lipinski definition) is 2. The summed E-state index contributed by atoms with van der Waals surface area (Å²) >= 11 is 13.7. The van der Waals surface area contributed by atoms with E-state index in [1.54, 1.807) is 23.9 Å². The molecule has 0 fully saturated rings. The fourth-order valence-electron chi connectivity index (χ4n) is 2.31. The standard InChI is InChI=1S/C17H13Cl2NOS/c1-10-3-2-4-11(7-10)9-22-17-14-8-12(18)5-6-13(14)15(19)16(21)20-17/h2-8H,9H2,1H3,(H,20,21). The van der Waals surface area contributed by atoms with Gasteiger partial charge in [0.15, 0.2) is 0 Å². The van der Waals surface area contributed by atoms with Crippen molar-refractivity contribution >= 4 is 45.7 Å². The first kappa shape index (κ1) is 15.5. The third-order valence-corrected chi connectivity index (χ3v) is 5.05. The van der Waals surface area contributed by atoms with Crippen LogP contribution in [0.15, 0.2) is 52.3 Å². The van der Waals surface area contributed by atoms with E-state index in [9.17, 15) is 4.79 Å². The average molecular weight is 350 g/mol. The van der Waals surface area contributed by atoms with Gasteiger partial charge >= 0.3 is 0 Å². The Balaban J connectivity index is 2.01. The normalized spacial score (nSPS) is 11.0. The third kappa shape index (κ3) is 3.17. The molecule has 0 aliphatic rings. The fourth-order valence-corrected chi connectivity index (χ4v) is 3.68. The summed E-state index contributed by atoms with van der Waals surface area (Å²) in [6.07, 6.45) is 0. The maximum absolute atomic E-state index is 12.0. The smallest absolute Gasteiger partial charge is 0.268 e. The van der Waals surface area contributed by atoms with Crippen LogP contribution in [0, 0.1) is 6.92 Å². The number of aromatic nitrogens is 1. The van der Waals surface area contributed by atoms with Gasteiger partial charge in [0.2, 0.25) is 0 Å². The van der Waals surface area contributed by atoms with E-state index in [4.69, 9.17) is 23.2 Å². The summed E-state index contributed by atoms with van der Waals surface area (Å²) in [5.74, 6) is 0.765. The van der Waals surface area contributed by atoms with Crippen molar-refractivity contribution in [2.45, 2.75) is 17.7 Å². The molecule has 2 aromatic carbocycles. The first-order valence-electron chi connectivity index (χ1n) is 6.74. The monoisotopic (exact) mass is 349 g/mol. The summed E-state index contributed by atoms with van der Waals surface area (Å²) in [6.45, 7) is 2.06. The molecule has 3 aromatic rings. The first-order chi connectivity index (χ1) is 10.5. The number of halogens is 2. The van der Waals surface area contributed by atoms with Gasteiger partial charge in [-0.1, -0.05) is 59.1 Å². The zero-order valence-electron chi connectivity index (χ0n) is 11.8. The van der Waals surface area contributed by atoms with Crippen LogP contribution in [0.4, 0.5) is 0 Å². The van der Waals surface area contributed by atoms with E-state index in [0.717, 1.165) is 21.6 Å². The van der Waals surface area contributed by atoms with Crippen LogP contribution < -0.4 is 5.56 Å². The van der Waals surface area contributed by atoms with Crippen molar-refractivity contribution in [2.24, 2.45) is 0 Å². The number of fused-ring (bicyclic) bond motifs is 1. The van der Waals surface area contributed by atoms with E-state index in [1.165, 1.54) is 11.1 Å². The van der Waals surface area contributed by atoms with Gasteiger partial charge in [0, 0.05) is 21.5 Å². The zero-order chi connectivity index (χ0) is 15.7. The van der Waals surface area contributed by atoms with Crippen LogP contribution in [0.25, 0.3) is 10.8 Å². The van der Waals surface area contributed by atoms with Gasteiger partial charge in [-0.25, -0.2) is 0 Å². The topological polar surface area (TPSA) is 32.9 Å². The van der Waals surface area contributed by atoms with E-state index in [1.807, 2.05) is 12.1 Å². The number of nitrogens with one attached hydrogen (secondary N) is 1. The molecule has 0 spiro atoms. The highest BCUT2D eigenvalue weighted by Gasteiger charge is 2.10. The summed E-state index contributed by atoms with van der Waals surface area (Å²) in [4.78, 5) is 14.8. The van der Waals surface area contributed by atoms with Crippen molar-refractivity contribution in [1.82, 2.24) is 4.98 Å². The molecule has 0 bridgehead atoms. The second kappa shape index (κ2) is 6.37. The summed E-state index contributed by atoms with van der Waals surface area (Å²) in [7, 11) is 0. The number of thioether (sulfide) groups is 1. The lowest BCUT2D eigenvalue weighted by Crippen LogP contribution is -2.08. The quantitative estimate of drug-likeness (QED) is 0.639. The van der Waals surface area contributed by atoms with Crippen molar-refractivity contribution in [3.05, 3.63) is 74.0 Å². The molecule has 5 heteroatoms. The second-order valence-electron chi connectivity index (χ2n) is 5.06. The molecule has 0 unspecified atom stereocenters. The third-order valence-electron chi connectivity index (χ3n) is 3.35. The molecule has 0 saturated carbocycles. The Morgan fingerprint density at radius 2 is 1.91 bits per heavy atom. The van der Waals surface area contributed by atoms with Crippen LogP contribution >= 0.6 is 35.0 Å². The minimum atomic E-state index is -0.275. The van der Waals surface area contributed by atoms with Crippen molar-refractivity contribution < 1.29 is 0 Å². The van der Waals surface area contributed by atoms with E-state index in [-0.39, 0.29) is 10.6 Å².